The molecule has 5 nitrogen and oxygen atoms in total. The van der Waals surface area contributed by atoms with Crippen LogP contribution in [0.3, 0.4) is 0 Å². The number of aldehydes is 1. The summed E-state index contributed by atoms with van der Waals surface area (Å²) in [5.74, 6) is -0.165. The summed E-state index contributed by atoms with van der Waals surface area (Å²) in [6, 6.07) is 8.67. The van der Waals surface area contributed by atoms with Gasteiger partial charge in [0.2, 0.25) is 0 Å². The summed E-state index contributed by atoms with van der Waals surface area (Å²) in [4.78, 5) is 22.7. The topological polar surface area (TPSA) is 64.6 Å². The molecule has 0 unspecified atom stereocenters. The quantitative estimate of drug-likeness (QED) is 0.807. The fraction of sp³-hybridized carbons (Fsp3) is 0.176. The van der Waals surface area contributed by atoms with Crippen LogP contribution in [0.5, 0.6) is 11.5 Å². The van der Waals surface area contributed by atoms with E-state index in [1.807, 2.05) is 0 Å². The van der Waals surface area contributed by atoms with Crippen molar-refractivity contribution >= 4 is 17.9 Å². The molecule has 1 amide bonds. The molecule has 2 aromatic carbocycles. The van der Waals surface area contributed by atoms with Crippen molar-refractivity contribution in [1.29, 1.82) is 0 Å². The smallest absolute Gasteiger partial charge is 0.416 e. The average Bonchev–Trinajstić information content (AvgIpc) is 2.59. The van der Waals surface area contributed by atoms with E-state index in [4.69, 9.17) is 9.47 Å². The second-order valence-electron chi connectivity index (χ2n) is 4.94. The first-order chi connectivity index (χ1) is 11.8. The maximum absolute atomic E-state index is 12.6. The van der Waals surface area contributed by atoms with Crippen LogP contribution in [0.1, 0.15) is 15.9 Å². The second-order valence-corrected chi connectivity index (χ2v) is 4.94. The van der Waals surface area contributed by atoms with E-state index in [9.17, 15) is 22.8 Å². The summed E-state index contributed by atoms with van der Waals surface area (Å²) in [6.07, 6.45) is -3.89. The van der Waals surface area contributed by atoms with Gasteiger partial charge in [0, 0.05) is 11.3 Å². The Labute approximate surface area is 141 Å². The minimum Gasteiger partial charge on any atom is -0.493 e. The first kappa shape index (κ1) is 18.3. The van der Waals surface area contributed by atoms with Gasteiger partial charge in [-0.3, -0.25) is 9.59 Å². The van der Waals surface area contributed by atoms with E-state index in [1.165, 1.54) is 37.4 Å². The van der Waals surface area contributed by atoms with Gasteiger partial charge in [0.15, 0.2) is 18.1 Å². The third kappa shape index (κ3) is 4.97. The van der Waals surface area contributed by atoms with E-state index in [0.717, 1.165) is 12.1 Å². The molecule has 1 N–H and O–H groups in total. The SMILES string of the molecule is COc1ccc(C=O)cc1OCC(=O)Nc1cccc(C(F)(F)F)c1. The third-order valence-corrected chi connectivity index (χ3v) is 3.16. The van der Waals surface area contributed by atoms with Crippen LogP contribution in [-0.4, -0.2) is 25.9 Å². The van der Waals surface area contributed by atoms with Gasteiger partial charge in [-0.1, -0.05) is 6.07 Å². The molecule has 0 saturated heterocycles. The van der Waals surface area contributed by atoms with Crippen LogP contribution in [0, 0.1) is 0 Å². The van der Waals surface area contributed by atoms with Gasteiger partial charge in [0.25, 0.3) is 5.91 Å². The molecular weight excluding hydrogens is 339 g/mol. The Morgan fingerprint density at radius 3 is 2.56 bits per heavy atom. The van der Waals surface area contributed by atoms with E-state index < -0.39 is 24.3 Å². The second kappa shape index (κ2) is 7.69. The molecule has 0 fully saturated rings. The van der Waals surface area contributed by atoms with Gasteiger partial charge < -0.3 is 14.8 Å². The number of nitrogens with one attached hydrogen (secondary N) is 1. The maximum atomic E-state index is 12.6. The fourth-order valence-electron chi connectivity index (χ4n) is 1.99. The zero-order valence-corrected chi connectivity index (χ0v) is 13.1. The first-order valence-electron chi connectivity index (χ1n) is 7.06. The molecule has 0 aliphatic rings. The van der Waals surface area contributed by atoms with Crippen LogP contribution < -0.4 is 14.8 Å². The van der Waals surface area contributed by atoms with Crippen molar-refractivity contribution in [2.45, 2.75) is 6.18 Å². The van der Waals surface area contributed by atoms with Gasteiger partial charge >= 0.3 is 6.18 Å². The molecule has 25 heavy (non-hydrogen) atoms. The first-order valence-corrected chi connectivity index (χ1v) is 7.06. The Morgan fingerprint density at radius 1 is 1.16 bits per heavy atom. The summed E-state index contributed by atoms with van der Waals surface area (Å²) in [5, 5.41) is 2.32. The number of rotatable bonds is 6. The lowest BCUT2D eigenvalue weighted by Gasteiger charge is -2.12. The molecule has 0 aliphatic heterocycles. The van der Waals surface area contributed by atoms with Gasteiger partial charge in [-0.2, -0.15) is 13.2 Å². The van der Waals surface area contributed by atoms with Crippen molar-refractivity contribution < 1.29 is 32.2 Å². The standard InChI is InChI=1S/C17H14F3NO4/c1-24-14-6-5-11(9-22)7-15(14)25-10-16(23)21-13-4-2-3-12(8-13)17(18,19)20/h2-9H,10H2,1H3,(H,21,23). The summed E-state index contributed by atoms with van der Waals surface area (Å²) in [6.45, 7) is -0.463. The van der Waals surface area contributed by atoms with Crippen LogP contribution >= 0.6 is 0 Å². The lowest BCUT2D eigenvalue weighted by atomic mass is 10.2. The van der Waals surface area contributed by atoms with Crippen LogP contribution in [0.25, 0.3) is 0 Å². The maximum Gasteiger partial charge on any atom is 0.416 e. The summed E-state index contributed by atoms with van der Waals surface area (Å²) < 4.78 is 48.3. The molecule has 0 aliphatic carbocycles. The highest BCUT2D eigenvalue weighted by Crippen LogP contribution is 2.31. The predicted octanol–water partition coefficient (Wildman–Crippen LogP) is 3.54. The molecule has 0 bridgehead atoms. The van der Waals surface area contributed by atoms with Crippen LogP contribution in [-0.2, 0) is 11.0 Å². The Bertz CT molecular complexity index is 775. The minimum absolute atomic E-state index is 0.00275. The number of ether oxygens (including phenoxy) is 2. The largest absolute Gasteiger partial charge is 0.493 e. The number of carbonyl (C=O) groups excluding carboxylic acids is 2. The number of amides is 1. The fourth-order valence-corrected chi connectivity index (χ4v) is 1.99. The number of hydrogen-bond acceptors (Lipinski definition) is 4. The molecule has 0 heterocycles. The molecular formula is C17H14F3NO4. The zero-order chi connectivity index (χ0) is 18.4. The monoisotopic (exact) mass is 353 g/mol. The lowest BCUT2D eigenvalue weighted by Crippen LogP contribution is -2.20. The number of carbonyl (C=O) groups is 2. The average molecular weight is 353 g/mol. The van der Waals surface area contributed by atoms with Gasteiger partial charge in [-0.15, -0.1) is 0 Å². The molecule has 132 valence electrons. The molecule has 8 heteroatoms. The Kier molecular flexibility index (Phi) is 5.63. The van der Waals surface area contributed by atoms with Crippen molar-refractivity contribution in [3.05, 3.63) is 53.6 Å². The minimum atomic E-state index is -4.50. The molecule has 0 saturated carbocycles. The highest BCUT2D eigenvalue weighted by atomic mass is 19.4. The van der Waals surface area contributed by atoms with Crippen molar-refractivity contribution in [2.24, 2.45) is 0 Å². The molecule has 0 atom stereocenters. The molecule has 0 spiro atoms. The van der Waals surface area contributed by atoms with E-state index in [-0.39, 0.29) is 11.4 Å². The number of alkyl halides is 3. The molecule has 2 rings (SSSR count). The van der Waals surface area contributed by atoms with E-state index >= 15 is 0 Å². The zero-order valence-electron chi connectivity index (χ0n) is 13.1. The summed E-state index contributed by atoms with van der Waals surface area (Å²) >= 11 is 0. The summed E-state index contributed by atoms with van der Waals surface area (Å²) in [7, 11) is 1.39. The predicted molar refractivity (Wildman–Crippen MR) is 84.0 cm³/mol. The van der Waals surface area contributed by atoms with Gasteiger partial charge in [0.1, 0.15) is 6.29 Å². The van der Waals surface area contributed by atoms with Crippen LogP contribution in [0.4, 0.5) is 18.9 Å². The number of halogens is 3. The number of benzene rings is 2. The van der Waals surface area contributed by atoms with E-state index in [1.54, 1.807) is 0 Å². The normalized spacial score (nSPS) is 10.9. The van der Waals surface area contributed by atoms with Gasteiger partial charge in [-0.05, 0) is 36.4 Å². The van der Waals surface area contributed by atoms with Crippen molar-refractivity contribution in [3.8, 4) is 11.5 Å². The van der Waals surface area contributed by atoms with Crippen LogP contribution in [0.15, 0.2) is 42.5 Å². The van der Waals surface area contributed by atoms with Crippen molar-refractivity contribution in [3.63, 3.8) is 0 Å². The highest BCUT2D eigenvalue weighted by Gasteiger charge is 2.30. The number of hydrogen-bond donors (Lipinski definition) is 1. The highest BCUT2D eigenvalue weighted by molar-refractivity contribution is 5.92. The summed E-state index contributed by atoms with van der Waals surface area (Å²) in [5.41, 5.74) is -0.544. The molecule has 0 radical (unpaired) electrons. The third-order valence-electron chi connectivity index (χ3n) is 3.16. The van der Waals surface area contributed by atoms with E-state index in [2.05, 4.69) is 5.32 Å². The molecule has 2 aromatic rings. The van der Waals surface area contributed by atoms with Crippen molar-refractivity contribution in [1.82, 2.24) is 0 Å². The van der Waals surface area contributed by atoms with Crippen LogP contribution in [0.2, 0.25) is 0 Å². The molecule has 0 aromatic heterocycles. The van der Waals surface area contributed by atoms with Crippen molar-refractivity contribution in [2.75, 3.05) is 19.0 Å². The Morgan fingerprint density at radius 2 is 1.92 bits per heavy atom. The van der Waals surface area contributed by atoms with E-state index in [0.29, 0.717) is 17.6 Å². The Hall–Kier alpha value is -3.03. The number of methoxy groups -OCH3 is 1. The van der Waals surface area contributed by atoms with Gasteiger partial charge in [0.05, 0.1) is 12.7 Å². The number of anilines is 1. The Balaban J connectivity index is 2.03. The lowest BCUT2D eigenvalue weighted by molar-refractivity contribution is -0.137. The van der Waals surface area contributed by atoms with Gasteiger partial charge in [-0.25, -0.2) is 0 Å².